The van der Waals surface area contributed by atoms with Crippen molar-refractivity contribution in [1.29, 1.82) is 0 Å². The molecule has 0 aliphatic carbocycles. The number of aromatic nitrogens is 1. The number of nitrogens with two attached hydrogens (primary N) is 1. The molecule has 0 saturated heterocycles. The SMILES string of the molecule is CN(Cc1ccccn1)C(=O)c1cccc(C(N)=S)c1. The van der Waals surface area contributed by atoms with E-state index in [-0.39, 0.29) is 10.9 Å². The lowest BCUT2D eigenvalue weighted by atomic mass is 10.1. The van der Waals surface area contributed by atoms with Gasteiger partial charge in [-0.3, -0.25) is 9.78 Å². The minimum absolute atomic E-state index is 0.0891. The molecule has 1 aromatic heterocycles. The van der Waals surface area contributed by atoms with Crippen molar-refractivity contribution in [2.75, 3.05) is 7.05 Å². The number of pyridine rings is 1. The van der Waals surface area contributed by atoms with Crippen LogP contribution < -0.4 is 5.73 Å². The summed E-state index contributed by atoms with van der Waals surface area (Å²) in [6, 6.07) is 12.6. The highest BCUT2D eigenvalue weighted by Gasteiger charge is 2.13. The summed E-state index contributed by atoms with van der Waals surface area (Å²) < 4.78 is 0. The van der Waals surface area contributed by atoms with Crippen LogP contribution in [0.15, 0.2) is 48.7 Å². The number of benzene rings is 1. The van der Waals surface area contributed by atoms with Gasteiger partial charge in [0, 0.05) is 24.4 Å². The van der Waals surface area contributed by atoms with Crippen LogP contribution in [-0.4, -0.2) is 27.8 Å². The van der Waals surface area contributed by atoms with Gasteiger partial charge in [0.05, 0.1) is 12.2 Å². The highest BCUT2D eigenvalue weighted by Crippen LogP contribution is 2.09. The zero-order chi connectivity index (χ0) is 14.5. The fraction of sp³-hybridized carbons (Fsp3) is 0.133. The van der Waals surface area contributed by atoms with E-state index < -0.39 is 0 Å². The molecule has 2 rings (SSSR count). The maximum Gasteiger partial charge on any atom is 0.253 e. The van der Waals surface area contributed by atoms with E-state index in [1.165, 1.54) is 0 Å². The summed E-state index contributed by atoms with van der Waals surface area (Å²) in [5.41, 5.74) is 7.68. The van der Waals surface area contributed by atoms with E-state index in [9.17, 15) is 4.79 Å². The third-order valence-electron chi connectivity index (χ3n) is 2.87. The van der Waals surface area contributed by atoms with Crippen LogP contribution in [0.3, 0.4) is 0 Å². The summed E-state index contributed by atoms with van der Waals surface area (Å²) in [6.45, 7) is 0.455. The normalized spacial score (nSPS) is 10.1. The average molecular weight is 285 g/mol. The van der Waals surface area contributed by atoms with Gasteiger partial charge in [-0.15, -0.1) is 0 Å². The highest BCUT2D eigenvalue weighted by atomic mass is 32.1. The topological polar surface area (TPSA) is 59.2 Å². The van der Waals surface area contributed by atoms with Crippen LogP contribution in [-0.2, 0) is 6.54 Å². The minimum Gasteiger partial charge on any atom is -0.389 e. The molecule has 20 heavy (non-hydrogen) atoms. The van der Waals surface area contributed by atoms with Gasteiger partial charge in [-0.2, -0.15) is 0 Å². The molecule has 0 spiro atoms. The number of rotatable bonds is 4. The van der Waals surface area contributed by atoms with Crippen molar-refractivity contribution in [1.82, 2.24) is 9.88 Å². The van der Waals surface area contributed by atoms with Crippen LogP contribution >= 0.6 is 12.2 Å². The molecule has 4 nitrogen and oxygen atoms in total. The van der Waals surface area contributed by atoms with Crippen LogP contribution in [0.5, 0.6) is 0 Å². The predicted molar refractivity (Wildman–Crippen MR) is 82.4 cm³/mol. The predicted octanol–water partition coefficient (Wildman–Crippen LogP) is 1.99. The second kappa shape index (κ2) is 6.25. The van der Waals surface area contributed by atoms with Crippen LogP contribution in [0.4, 0.5) is 0 Å². The Balaban J connectivity index is 2.14. The maximum atomic E-state index is 12.3. The Hall–Kier alpha value is -2.27. The van der Waals surface area contributed by atoms with Crippen molar-refractivity contribution in [3.63, 3.8) is 0 Å². The van der Waals surface area contributed by atoms with Gasteiger partial charge in [-0.25, -0.2) is 0 Å². The first-order valence-electron chi connectivity index (χ1n) is 6.13. The second-order valence-corrected chi connectivity index (χ2v) is 4.87. The van der Waals surface area contributed by atoms with Gasteiger partial charge in [0.25, 0.3) is 5.91 Å². The molecule has 0 aliphatic heterocycles. The zero-order valence-corrected chi connectivity index (χ0v) is 11.9. The van der Waals surface area contributed by atoms with Gasteiger partial charge in [0.15, 0.2) is 0 Å². The van der Waals surface area contributed by atoms with Crippen LogP contribution in [0.1, 0.15) is 21.6 Å². The lowest BCUT2D eigenvalue weighted by Crippen LogP contribution is -2.27. The van der Waals surface area contributed by atoms with Gasteiger partial charge in [0.1, 0.15) is 4.99 Å². The van der Waals surface area contributed by atoms with E-state index in [0.717, 1.165) is 5.69 Å². The Labute approximate surface area is 123 Å². The van der Waals surface area contributed by atoms with E-state index in [4.69, 9.17) is 18.0 Å². The van der Waals surface area contributed by atoms with Gasteiger partial charge < -0.3 is 10.6 Å². The smallest absolute Gasteiger partial charge is 0.253 e. The van der Waals surface area contributed by atoms with Crippen molar-refractivity contribution in [2.45, 2.75) is 6.54 Å². The molecule has 2 N–H and O–H groups in total. The molecule has 0 aliphatic rings. The van der Waals surface area contributed by atoms with Gasteiger partial charge in [-0.1, -0.05) is 30.4 Å². The Morgan fingerprint density at radius 3 is 2.65 bits per heavy atom. The number of hydrogen-bond acceptors (Lipinski definition) is 3. The van der Waals surface area contributed by atoms with E-state index in [1.807, 2.05) is 18.2 Å². The van der Waals surface area contributed by atoms with E-state index in [0.29, 0.717) is 17.7 Å². The Morgan fingerprint density at radius 2 is 2.00 bits per heavy atom. The van der Waals surface area contributed by atoms with Crippen LogP contribution in [0, 0.1) is 0 Å². The lowest BCUT2D eigenvalue weighted by molar-refractivity contribution is 0.0783. The maximum absolute atomic E-state index is 12.3. The number of nitrogens with zero attached hydrogens (tertiary/aromatic N) is 2. The average Bonchev–Trinajstić information content (AvgIpc) is 2.47. The quantitative estimate of drug-likeness (QED) is 0.873. The second-order valence-electron chi connectivity index (χ2n) is 4.43. The molecule has 102 valence electrons. The third-order valence-corrected chi connectivity index (χ3v) is 3.10. The standard InChI is InChI=1S/C15H15N3OS/c1-18(10-13-7-2-3-8-17-13)15(19)12-6-4-5-11(9-12)14(16)20/h2-9H,10H2,1H3,(H2,16,20). The largest absolute Gasteiger partial charge is 0.389 e. The molecular weight excluding hydrogens is 270 g/mol. The van der Waals surface area contributed by atoms with Crippen molar-refractivity contribution in [2.24, 2.45) is 5.73 Å². The Morgan fingerprint density at radius 1 is 1.25 bits per heavy atom. The van der Waals surface area contributed by atoms with Gasteiger partial charge >= 0.3 is 0 Å². The van der Waals surface area contributed by atoms with Crippen LogP contribution in [0.25, 0.3) is 0 Å². The highest BCUT2D eigenvalue weighted by molar-refractivity contribution is 7.80. The molecule has 0 radical (unpaired) electrons. The fourth-order valence-corrected chi connectivity index (χ4v) is 1.96. The number of carbonyl (C=O) groups is 1. The van der Waals surface area contributed by atoms with E-state index in [1.54, 1.807) is 42.4 Å². The number of hydrogen-bond donors (Lipinski definition) is 1. The number of carbonyl (C=O) groups excluding carboxylic acids is 1. The molecule has 1 aromatic carbocycles. The molecule has 2 aromatic rings. The Kier molecular flexibility index (Phi) is 4.42. The van der Waals surface area contributed by atoms with E-state index in [2.05, 4.69) is 4.98 Å². The van der Waals surface area contributed by atoms with E-state index >= 15 is 0 Å². The summed E-state index contributed by atoms with van der Waals surface area (Å²) in [5, 5.41) is 0. The molecule has 0 bridgehead atoms. The Bertz CT molecular complexity index is 628. The first-order valence-corrected chi connectivity index (χ1v) is 6.54. The van der Waals surface area contributed by atoms with Crippen molar-refractivity contribution in [3.8, 4) is 0 Å². The van der Waals surface area contributed by atoms with Crippen molar-refractivity contribution in [3.05, 3.63) is 65.5 Å². The fourth-order valence-electron chi connectivity index (χ4n) is 1.83. The van der Waals surface area contributed by atoms with Crippen molar-refractivity contribution >= 4 is 23.1 Å². The first-order chi connectivity index (χ1) is 9.58. The zero-order valence-electron chi connectivity index (χ0n) is 11.1. The molecule has 1 amide bonds. The molecule has 0 unspecified atom stereocenters. The molecule has 5 heteroatoms. The minimum atomic E-state index is -0.0891. The summed E-state index contributed by atoms with van der Waals surface area (Å²) in [7, 11) is 1.74. The first kappa shape index (κ1) is 14.1. The molecule has 1 heterocycles. The van der Waals surface area contributed by atoms with Crippen molar-refractivity contribution < 1.29 is 4.79 Å². The summed E-state index contributed by atoms with van der Waals surface area (Å²) >= 11 is 4.92. The number of amides is 1. The lowest BCUT2D eigenvalue weighted by Gasteiger charge is -2.17. The summed E-state index contributed by atoms with van der Waals surface area (Å²) in [4.78, 5) is 18.4. The van der Waals surface area contributed by atoms with Crippen LogP contribution in [0.2, 0.25) is 0 Å². The molecule has 0 saturated carbocycles. The summed E-state index contributed by atoms with van der Waals surface area (Å²) in [5.74, 6) is -0.0891. The molecule has 0 atom stereocenters. The third kappa shape index (κ3) is 3.39. The number of thiocarbonyl (C=S) groups is 1. The van der Waals surface area contributed by atoms with Gasteiger partial charge in [-0.05, 0) is 24.3 Å². The summed E-state index contributed by atoms with van der Waals surface area (Å²) in [6.07, 6.45) is 1.71. The van der Waals surface area contributed by atoms with Gasteiger partial charge in [0.2, 0.25) is 0 Å². The monoisotopic (exact) mass is 285 g/mol. The molecular formula is C15H15N3OS. The molecule has 0 fully saturated rings.